The second-order valence-electron chi connectivity index (χ2n) is 7.06. The van der Waals surface area contributed by atoms with Crippen LogP contribution < -0.4 is 15.0 Å². The van der Waals surface area contributed by atoms with Crippen LogP contribution in [0, 0.1) is 0 Å². The van der Waals surface area contributed by atoms with Gasteiger partial charge in [-0.1, -0.05) is 36.4 Å². The molecule has 1 aromatic heterocycles. The number of hydrogen-bond donors (Lipinski definition) is 1. The Kier molecular flexibility index (Phi) is 4.16. The van der Waals surface area contributed by atoms with E-state index in [-0.39, 0.29) is 5.91 Å². The Morgan fingerprint density at radius 3 is 2.29 bits per heavy atom. The van der Waals surface area contributed by atoms with E-state index < -0.39 is 5.92 Å². The first-order valence-electron chi connectivity index (χ1n) is 9.53. The SMILES string of the molecule is O=C(Nc1cc(N2CCCC2)ncn1)C1c2ccccc2Oc2ccccc21. The van der Waals surface area contributed by atoms with Gasteiger partial charge in [0, 0.05) is 30.3 Å². The summed E-state index contributed by atoms with van der Waals surface area (Å²) >= 11 is 0. The number of hydrogen-bond acceptors (Lipinski definition) is 5. The third kappa shape index (κ3) is 2.97. The summed E-state index contributed by atoms with van der Waals surface area (Å²) in [6.45, 7) is 1.98. The number of nitrogens with zero attached hydrogens (tertiary/aromatic N) is 3. The summed E-state index contributed by atoms with van der Waals surface area (Å²) in [5, 5.41) is 2.99. The summed E-state index contributed by atoms with van der Waals surface area (Å²) in [5.74, 6) is 2.21. The van der Waals surface area contributed by atoms with Gasteiger partial charge in [0.25, 0.3) is 0 Å². The highest BCUT2D eigenvalue weighted by Gasteiger charge is 2.32. The summed E-state index contributed by atoms with van der Waals surface area (Å²) in [7, 11) is 0. The molecule has 2 aromatic carbocycles. The summed E-state index contributed by atoms with van der Waals surface area (Å²) in [6.07, 6.45) is 3.85. The molecule has 2 aliphatic rings. The largest absolute Gasteiger partial charge is 0.457 e. The first-order valence-corrected chi connectivity index (χ1v) is 9.53. The van der Waals surface area contributed by atoms with Gasteiger partial charge in [0.05, 0.1) is 5.92 Å². The van der Waals surface area contributed by atoms with E-state index in [1.54, 1.807) is 0 Å². The van der Waals surface area contributed by atoms with Gasteiger partial charge < -0.3 is 15.0 Å². The standard InChI is InChI=1S/C22H20N4O2/c27-22(25-19-13-20(24-14-23-19)26-11-5-6-12-26)21-15-7-1-3-9-17(15)28-18-10-4-2-8-16(18)21/h1-4,7-10,13-14,21H,5-6,11-12H2,(H,23,24,25,27). The van der Waals surface area contributed by atoms with Crippen LogP contribution in [0.1, 0.15) is 29.9 Å². The van der Waals surface area contributed by atoms with Crippen molar-refractivity contribution in [1.29, 1.82) is 0 Å². The van der Waals surface area contributed by atoms with Crippen molar-refractivity contribution in [3.8, 4) is 11.5 Å². The number of anilines is 2. The lowest BCUT2D eigenvalue weighted by molar-refractivity contribution is -0.116. The maximum atomic E-state index is 13.3. The number of rotatable bonds is 3. The van der Waals surface area contributed by atoms with Crippen LogP contribution in [0.3, 0.4) is 0 Å². The van der Waals surface area contributed by atoms with Gasteiger partial charge in [-0.25, -0.2) is 9.97 Å². The topological polar surface area (TPSA) is 67.4 Å². The Morgan fingerprint density at radius 2 is 1.61 bits per heavy atom. The van der Waals surface area contributed by atoms with Crippen LogP contribution in [-0.2, 0) is 4.79 Å². The van der Waals surface area contributed by atoms with Crippen molar-refractivity contribution in [2.24, 2.45) is 0 Å². The van der Waals surface area contributed by atoms with E-state index in [4.69, 9.17) is 4.74 Å². The Hall–Kier alpha value is -3.41. The Balaban J connectivity index is 1.47. The second-order valence-corrected chi connectivity index (χ2v) is 7.06. The fraction of sp³-hybridized carbons (Fsp3) is 0.227. The van der Waals surface area contributed by atoms with Crippen molar-refractivity contribution in [2.45, 2.75) is 18.8 Å². The average Bonchev–Trinajstić information content (AvgIpc) is 3.27. The molecule has 1 N–H and O–H groups in total. The minimum atomic E-state index is -0.452. The fourth-order valence-electron chi connectivity index (χ4n) is 3.93. The Morgan fingerprint density at radius 1 is 0.964 bits per heavy atom. The first-order chi connectivity index (χ1) is 13.8. The van der Waals surface area contributed by atoms with Crippen LogP contribution in [0.4, 0.5) is 11.6 Å². The number of ether oxygens (including phenoxy) is 1. The number of nitrogens with one attached hydrogen (secondary N) is 1. The molecule has 1 fully saturated rings. The number of carbonyl (C=O) groups excluding carboxylic acids is 1. The smallest absolute Gasteiger partial charge is 0.237 e. The maximum absolute atomic E-state index is 13.3. The summed E-state index contributed by atoms with van der Waals surface area (Å²) in [5.41, 5.74) is 1.71. The van der Waals surface area contributed by atoms with E-state index in [1.165, 1.54) is 19.2 Å². The Bertz CT molecular complexity index is 985. The lowest BCUT2D eigenvalue weighted by atomic mass is 9.87. The van der Waals surface area contributed by atoms with E-state index in [9.17, 15) is 4.79 Å². The molecule has 0 unspecified atom stereocenters. The van der Waals surface area contributed by atoms with E-state index in [0.29, 0.717) is 17.3 Å². The van der Waals surface area contributed by atoms with Crippen LogP contribution in [0.15, 0.2) is 60.9 Å². The average molecular weight is 372 g/mol. The van der Waals surface area contributed by atoms with Crippen molar-refractivity contribution in [3.63, 3.8) is 0 Å². The molecular weight excluding hydrogens is 352 g/mol. The van der Waals surface area contributed by atoms with Gasteiger partial charge in [-0.2, -0.15) is 0 Å². The number of para-hydroxylation sites is 2. The van der Waals surface area contributed by atoms with Crippen LogP contribution in [0.2, 0.25) is 0 Å². The predicted molar refractivity (Wildman–Crippen MR) is 107 cm³/mol. The van der Waals surface area contributed by atoms with E-state index >= 15 is 0 Å². The number of carbonyl (C=O) groups is 1. The van der Waals surface area contributed by atoms with E-state index in [0.717, 1.165) is 30.0 Å². The zero-order valence-electron chi connectivity index (χ0n) is 15.3. The van der Waals surface area contributed by atoms with Crippen molar-refractivity contribution in [2.75, 3.05) is 23.3 Å². The summed E-state index contributed by atoms with van der Waals surface area (Å²) < 4.78 is 5.98. The molecule has 0 aliphatic carbocycles. The molecule has 28 heavy (non-hydrogen) atoms. The van der Waals surface area contributed by atoms with Gasteiger partial charge >= 0.3 is 0 Å². The molecule has 0 atom stereocenters. The molecule has 0 saturated carbocycles. The zero-order chi connectivity index (χ0) is 18.9. The van der Waals surface area contributed by atoms with Crippen molar-refractivity contribution in [1.82, 2.24) is 9.97 Å². The molecule has 3 heterocycles. The third-order valence-electron chi connectivity index (χ3n) is 5.28. The predicted octanol–water partition coefficient (Wildman–Crippen LogP) is 3.95. The molecular formula is C22H20N4O2. The van der Waals surface area contributed by atoms with Gasteiger partial charge in [0.15, 0.2) is 0 Å². The van der Waals surface area contributed by atoms with E-state index in [1.807, 2.05) is 54.6 Å². The quantitative estimate of drug-likeness (QED) is 0.754. The molecule has 1 amide bonds. The van der Waals surface area contributed by atoms with Gasteiger partial charge in [0.1, 0.15) is 29.5 Å². The maximum Gasteiger partial charge on any atom is 0.237 e. The third-order valence-corrected chi connectivity index (χ3v) is 5.28. The highest BCUT2D eigenvalue weighted by molar-refractivity contribution is 5.99. The molecule has 5 rings (SSSR count). The molecule has 0 spiro atoms. The molecule has 1 saturated heterocycles. The van der Waals surface area contributed by atoms with Crippen molar-refractivity contribution >= 4 is 17.5 Å². The molecule has 0 bridgehead atoms. The monoisotopic (exact) mass is 372 g/mol. The van der Waals surface area contributed by atoms with Gasteiger partial charge in [0.2, 0.25) is 5.91 Å². The minimum absolute atomic E-state index is 0.130. The molecule has 6 heteroatoms. The molecule has 2 aliphatic heterocycles. The van der Waals surface area contributed by atoms with Gasteiger partial charge in [-0.15, -0.1) is 0 Å². The number of fused-ring (bicyclic) bond motifs is 2. The molecule has 6 nitrogen and oxygen atoms in total. The summed E-state index contributed by atoms with van der Waals surface area (Å²) in [6, 6.07) is 17.2. The van der Waals surface area contributed by atoms with Gasteiger partial charge in [-0.05, 0) is 25.0 Å². The Labute approximate surface area is 163 Å². The highest BCUT2D eigenvalue weighted by atomic mass is 16.5. The van der Waals surface area contributed by atoms with Crippen LogP contribution in [0.5, 0.6) is 11.5 Å². The second kappa shape index (κ2) is 6.96. The van der Waals surface area contributed by atoms with Crippen molar-refractivity contribution < 1.29 is 9.53 Å². The molecule has 3 aromatic rings. The zero-order valence-corrected chi connectivity index (χ0v) is 15.3. The first kappa shape index (κ1) is 16.7. The van der Waals surface area contributed by atoms with Crippen molar-refractivity contribution in [3.05, 3.63) is 72.1 Å². The number of amides is 1. The van der Waals surface area contributed by atoms with E-state index in [2.05, 4.69) is 20.2 Å². The highest BCUT2D eigenvalue weighted by Crippen LogP contribution is 2.44. The van der Waals surface area contributed by atoms with Gasteiger partial charge in [-0.3, -0.25) is 4.79 Å². The van der Waals surface area contributed by atoms with Crippen LogP contribution >= 0.6 is 0 Å². The number of benzene rings is 2. The summed E-state index contributed by atoms with van der Waals surface area (Å²) in [4.78, 5) is 24.1. The molecule has 140 valence electrons. The molecule has 0 radical (unpaired) electrons. The number of aromatic nitrogens is 2. The lowest BCUT2D eigenvalue weighted by Gasteiger charge is -2.27. The fourth-order valence-corrected chi connectivity index (χ4v) is 3.93. The minimum Gasteiger partial charge on any atom is -0.457 e. The normalized spacial score (nSPS) is 15.5. The van der Waals surface area contributed by atoms with Crippen LogP contribution in [0.25, 0.3) is 0 Å². The van der Waals surface area contributed by atoms with Crippen LogP contribution in [-0.4, -0.2) is 29.0 Å². The lowest BCUT2D eigenvalue weighted by Crippen LogP contribution is -2.26.